The number of carboxylic acids is 1. The maximum absolute atomic E-state index is 11.5. The number of carbonyl (C=O) groups is 3. The fourth-order valence-electron chi connectivity index (χ4n) is 1.39. The Morgan fingerprint density at radius 3 is 2.56 bits per heavy atom. The summed E-state index contributed by atoms with van der Waals surface area (Å²) in [6, 6.07) is 0. The van der Waals surface area contributed by atoms with Crippen molar-refractivity contribution >= 4 is 18.2 Å². The molecule has 0 aliphatic rings. The molecule has 86 valence electrons. The van der Waals surface area contributed by atoms with Crippen molar-refractivity contribution in [3.8, 4) is 0 Å². The van der Waals surface area contributed by atoms with Crippen LogP contribution in [0.1, 0.15) is 43.8 Å². The Morgan fingerprint density at radius 2 is 2.12 bits per heavy atom. The lowest BCUT2D eigenvalue weighted by Gasteiger charge is -2.01. The van der Waals surface area contributed by atoms with Crippen LogP contribution in [0.15, 0.2) is 0 Å². The van der Waals surface area contributed by atoms with Crippen molar-refractivity contribution in [3.05, 3.63) is 22.5 Å². The number of carboxylic acid groups (broad SMARTS) is 1. The Morgan fingerprint density at radius 1 is 1.50 bits per heavy atom. The number of H-pyrrole nitrogens is 1. The van der Waals surface area contributed by atoms with Crippen LogP contribution in [0.4, 0.5) is 0 Å². The van der Waals surface area contributed by atoms with E-state index < -0.39 is 11.9 Å². The van der Waals surface area contributed by atoms with E-state index in [1.54, 1.807) is 6.92 Å². The number of esters is 1. The first-order chi connectivity index (χ1) is 7.52. The van der Waals surface area contributed by atoms with Crippen LogP contribution >= 0.6 is 0 Å². The number of rotatable bonds is 4. The lowest BCUT2D eigenvalue weighted by molar-refractivity contribution is 0.0523. The first-order valence-corrected chi connectivity index (χ1v) is 4.61. The molecule has 0 atom stereocenters. The molecule has 0 unspecified atom stereocenters. The molecule has 1 aromatic heterocycles. The summed E-state index contributed by atoms with van der Waals surface area (Å²) < 4.78 is 4.73. The SMILES string of the molecule is CCOC(=O)c1c(C=O)[nH]c(C(=O)O)c1C. The second kappa shape index (κ2) is 4.61. The van der Waals surface area contributed by atoms with Gasteiger partial charge in [-0.3, -0.25) is 4.79 Å². The van der Waals surface area contributed by atoms with E-state index in [4.69, 9.17) is 9.84 Å². The standard InChI is InChI=1S/C10H11NO5/c1-3-16-10(15)7-5(2)8(9(13)14)11-6(7)4-12/h4,11H,3H2,1-2H3,(H,13,14). The average molecular weight is 225 g/mol. The minimum atomic E-state index is -1.23. The van der Waals surface area contributed by atoms with Gasteiger partial charge in [0.2, 0.25) is 0 Å². The number of carbonyl (C=O) groups excluding carboxylic acids is 2. The van der Waals surface area contributed by atoms with E-state index in [-0.39, 0.29) is 29.1 Å². The van der Waals surface area contributed by atoms with E-state index >= 15 is 0 Å². The molecular weight excluding hydrogens is 214 g/mol. The van der Waals surface area contributed by atoms with Crippen LogP contribution in [0.2, 0.25) is 0 Å². The molecule has 0 amide bonds. The number of aromatic amines is 1. The van der Waals surface area contributed by atoms with Gasteiger partial charge in [-0.25, -0.2) is 9.59 Å². The van der Waals surface area contributed by atoms with Gasteiger partial charge in [0.25, 0.3) is 0 Å². The third kappa shape index (κ3) is 1.95. The van der Waals surface area contributed by atoms with Crippen LogP contribution < -0.4 is 0 Å². The Kier molecular flexibility index (Phi) is 3.44. The van der Waals surface area contributed by atoms with Gasteiger partial charge in [0.15, 0.2) is 6.29 Å². The van der Waals surface area contributed by atoms with E-state index in [2.05, 4.69) is 4.98 Å². The molecule has 0 aliphatic heterocycles. The fraction of sp³-hybridized carbons (Fsp3) is 0.300. The molecule has 0 saturated carbocycles. The number of aldehydes is 1. The van der Waals surface area contributed by atoms with Gasteiger partial charge in [-0.15, -0.1) is 0 Å². The second-order valence-electron chi connectivity index (χ2n) is 3.06. The van der Waals surface area contributed by atoms with Crippen molar-refractivity contribution in [3.63, 3.8) is 0 Å². The van der Waals surface area contributed by atoms with E-state index in [1.807, 2.05) is 0 Å². The van der Waals surface area contributed by atoms with Crippen LogP contribution in [0.25, 0.3) is 0 Å². The van der Waals surface area contributed by atoms with Gasteiger partial charge in [0.05, 0.1) is 17.9 Å². The van der Waals surface area contributed by atoms with Gasteiger partial charge in [-0.2, -0.15) is 0 Å². The summed E-state index contributed by atoms with van der Waals surface area (Å²) in [7, 11) is 0. The van der Waals surface area contributed by atoms with Crippen molar-refractivity contribution in [2.75, 3.05) is 6.61 Å². The van der Waals surface area contributed by atoms with Gasteiger partial charge in [0, 0.05) is 0 Å². The van der Waals surface area contributed by atoms with E-state index in [0.29, 0.717) is 6.29 Å². The lowest BCUT2D eigenvalue weighted by Crippen LogP contribution is -2.08. The number of hydrogen-bond acceptors (Lipinski definition) is 4. The largest absolute Gasteiger partial charge is 0.477 e. The predicted octanol–water partition coefficient (Wildman–Crippen LogP) is 1.01. The average Bonchev–Trinajstić information content (AvgIpc) is 2.55. The van der Waals surface area contributed by atoms with Crippen LogP contribution in [0, 0.1) is 6.92 Å². The smallest absolute Gasteiger partial charge is 0.352 e. The first kappa shape index (κ1) is 12.0. The highest BCUT2D eigenvalue weighted by atomic mass is 16.5. The van der Waals surface area contributed by atoms with E-state index in [0.717, 1.165) is 0 Å². The normalized spacial score (nSPS) is 9.88. The summed E-state index contributed by atoms with van der Waals surface area (Å²) in [6.45, 7) is 3.22. The molecule has 0 spiro atoms. The van der Waals surface area contributed by atoms with E-state index in [9.17, 15) is 14.4 Å². The third-order valence-corrected chi connectivity index (χ3v) is 2.09. The molecule has 1 heterocycles. The number of ether oxygens (including phenoxy) is 1. The monoisotopic (exact) mass is 225 g/mol. The Balaban J connectivity index is 3.31. The molecule has 1 aromatic rings. The van der Waals surface area contributed by atoms with Crippen molar-refractivity contribution in [1.82, 2.24) is 4.98 Å². The van der Waals surface area contributed by atoms with Crippen molar-refractivity contribution in [1.29, 1.82) is 0 Å². The summed E-state index contributed by atoms with van der Waals surface area (Å²) in [5.74, 6) is -1.93. The Bertz CT molecular complexity index is 446. The fourth-order valence-corrected chi connectivity index (χ4v) is 1.39. The molecular formula is C10H11NO5. The summed E-state index contributed by atoms with van der Waals surface area (Å²) in [6.07, 6.45) is 0.395. The molecule has 0 fully saturated rings. The zero-order valence-corrected chi connectivity index (χ0v) is 8.86. The molecule has 2 N–H and O–H groups in total. The maximum atomic E-state index is 11.5. The number of aromatic carboxylic acids is 1. The van der Waals surface area contributed by atoms with Crippen LogP contribution in [0.3, 0.4) is 0 Å². The van der Waals surface area contributed by atoms with Crippen molar-refractivity contribution < 1.29 is 24.2 Å². The van der Waals surface area contributed by atoms with Gasteiger partial charge in [-0.1, -0.05) is 0 Å². The minimum absolute atomic E-state index is 0.0192. The molecule has 0 bridgehead atoms. The highest BCUT2D eigenvalue weighted by molar-refractivity contribution is 6.02. The lowest BCUT2D eigenvalue weighted by atomic mass is 10.1. The first-order valence-electron chi connectivity index (χ1n) is 4.61. The minimum Gasteiger partial charge on any atom is -0.477 e. The Labute approximate surface area is 91.2 Å². The second-order valence-corrected chi connectivity index (χ2v) is 3.06. The van der Waals surface area contributed by atoms with Gasteiger partial charge in [-0.05, 0) is 19.4 Å². The number of hydrogen-bond donors (Lipinski definition) is 2. The van der Waals surface area contributed by atoms with Crippen molar-refractivity contribution in [2.45, 2.75) is 13.8 Å². The Hall–Kier alpha value is -2.11. The van der Waals surface area contributed by atoms with Crippen LogP contribution in [-0.4, -0.2) is 34.9 Å². The maximum Gasteiger partial charge on any atom is 0.352 e. The molecule has 0 saturated heterocycles. The molecule has 0 aromatic carbocycles. The summed E-state index contributed by atoms with van der Waals surface area (Å²) in [5.41, 5.74) is -0.0687. The highest BCUT2D eigenvalue weighted by Crippen LogP contribution is 2.18. The summed E-state index contributed by atoms with van der Waals surface area (Å²) >= 11 is 0. The van der Waals surface area contributed by atoms with Gasteiger partial charge >= 0.3 is 11.9 Å². The third-order valence-electron chi connectivity index (χ3n) is 2.09. The number of aromatic nitrogens is 1. The summed E-state index contributed by atoms with van der Waals surface area (Å²) in [4.78, 5) is 35.3. The molecule has 1 rings (SSSR count). The van der Waals surface area contributed by atoms with Gasteiger partial charge < -0.3 is 14.8 Å². The highest BCUT2D eigenvalue weighted by Gasteiger charge is 2.24. The quantitative estimate of drug-likeness (QED) is 0.588. The van der Waals surface area contributed by atoms with Crippen molar-refractivity contribution in [2.24, 2.45) is 0 Å². The topological polar surface area (TPSA) is 96.5 Å². The summed E-state index contributed by atoms with van der Waals surface area (Å²) in [5, 5.41) is 8.81. The van der Waals surface area contributed by atoms with Gasteiger partial charge in [0.1, 0.15) is 5.69 Å². The molecule has 6 heteroatoms. The molecule has 0 radical (unpaired) electrons. The number of nitrogens with one attached hydrogen (secondary N) is 1. The molecule has 0 aliphatic carbocycles. The van der Waals surface area contributed by atoms with Crippen LogP contribution in [0.5, 0.6) is 0 Å². The predicted molar refractivity (Wildman–Crippen MR) is 53.8 cm³/mol. The van der Waals surface area contributed by atoms with Crippen LogP contribution in [-0.2, 0) is 4.74 Å². The zero-order valence-electron chi connectivity index (χ0n) is 8.86. The molecule has 6 nitrogen and oxygen atoms in total. The van der Waals surface area contributed by atoms with E-state index in [1.165, 1.54) is 6.92 Å². The molecule has 16 heavy (non-hydrogen) atoms. The zero-order chi connectivity index (χ0) is 12.3.